The van der Waals surface area contributed by atoms with Crippen LogP contribution in [0, 0.1) is 10.8 Å². The van der Waals surface area contributed by atoms with Gasteiger partial charge in [0.1, 0.15) is 0 Å². The van der Waals surface area contributed by atoms with Crippen LogP contribution in [0.3, 0.4) is 0 Å². The second kappa shape index (κ2) is 5.08. The largest absolute Gasteiger partial charge is 0.352 e. The fraction of sp³-hybridized carbons (Fsp3) is 0.938. The quantitative estimate of drug-likeness (QED) is 0.821. The molecule has 2 saturated carbocycles. The molecule has 2 fully saturated rings. The van der Waals surface area contributed by atoms with Gasteiger partial charge in [-0.25, -0.2) is 0 Å². The molecule has 0 aromatic heterocycles. The molecule has 3 heteroatoms. The second-order valence-corrected chi connectivity index (χ2v) is 8.28. The second-order valence-electron chi connectivity index (χ2n) is 8.28. The topological polar surface area (TPSA) is 41.1 Å². The number of amides is 1. The zero-order valence-electron chi connectivity index (χ0n) is 13.2. The third-order valence-electron chi connectivity index (χ3n) is 4.36. The SMILES string of the molecule is CC(NC1CC(C)(C)CC(C)(C)C1)C(=O)NC1CC1. The zero-order valence-corrected chi connectivity index (χ0v) is 13.2. The molecule has 1 amide bonds. The van der Waals surface area contributed by atoms with Crippen molar-refractivity contribution in [2.75, 3.05) is 0 Å². The predicted octanol–water partition coefficient (Wildman–Crippen LogP) is 2.85. The highest BCUT2D eigenvalue weighted by Gasteiger charge is 2.39. The average Bonchev–Trinajstić information content (AvgIpc) is 2.95. The fourth-order valence-electron chi connectivity index (χ4n) is 3.95. The van der Waals surface area contributed by atoms with E-state index in [1.54, 1.807) is 0 Å². The first kappa shape index (κ1) is 14.8. The maximum atomic E-state index is 12.0. The van der Waals surface area contributed by atoms with Crippen LogP contribution in [-0.2, 0) is 4.79 Å². The van der Waals surface area contributed by atoms with Gasteiger partial charge in [-0.05, 0) is 49.9 Å². The van der Waals surface area contributed by atoms with E-state index in [4.69, 9.17) is 0 Å². The minimum atomic E-state index is -0.0738. The summed E-state index contributed by atoms with van der Waals surface area (Å²) in [7, 11) is 0. The number of hydrogen-bond donors (Lipinski definition) is 2. The Morgan fingerprint density at radius 1 is 1.05 bits per heavy atom. The van der Waals surface area contributed by atoms with Crippen LogP contribution in [0.25, 0.3) is 0 Å². The van der Waals surface area contributed by atoms with Crippen molar-refractivity contribution in [3.05, 3.63) is 0 Å². The van der Waals surface area contributed by atoms with Gasteiger partial charge in [-0.15, -0.1) is 0 Å². The monoisotopic (exact) mass is 266 g/mol. The van der Waals surface area contributed by atoms with Gasteiger partial charge in [0.15, 0.2) is 0 Å². The molecule has 0 aromatic rings. The number of rotatable bonds is 4. The van der Waals surface area contributed by atoms with Crippen molar-refractivity contribution >= 4 is 5.91 Å². The predicted molar refractivity (Wildman–Crippen MR) is 79.0 cm³/mol. The molecule has 2 aliphatic rings. The first-order valence-corrected chi connectivity index (χ1v) is 7.73. The van der Waals surface area contributed by atoms with Crippen LogP contribution >= 0.6 is 0 Å². The zero-order chi connectivity index (χ0) is 14.3. The van der Waals surface area contributed by atoms with Gasteiger partial charge in [0.05, 0.1) is 6.04 Å². The Bertz CT molecular complexity index is 329. The summed E-state index contributed by atoms with van der Waals surface area (Å²) in [5, 5.41) is 6.63. The van der Waals surface area contributed by atoms with Crippen molar-refractivity contribution in [2.24, 2.45) is 10.8 Å². The van der Waals surface area contributed by atoms with Crippen LogP contribution in [0.1, 0.15) is 66.7 Å². The van der Waals surface area contributed by atoms with Gasteiger partial charge >= 0.3 is 0 Å². The standard InChI is InChI=1S/C16H30N2O/c1-11(14(19)18-12-6-7-12)17-13-8-15(2,3)10-16(4,5)9-13/h11-13,17H,6-10H2,1-5H3,(H,18,19). The molecule has 2 aliphatic carbocycles. The van der Waals surface area contributed by atoms with Crippen molar-refractivity contribution in [3.63, 3.8) is 0 Å². The summed E-state index contributed by atoms with van der Waals surface area (Å²) in [5.41, 5.74) is 0.734. The average molecular weight is 266 g/mol. The van der Waals surface area contributed by atoms with Gasteiger partial charge in [-0.3, -0.25) is 4.79 Å². The van der Waals surface area contributed by atoms with E-state index in [9.17, 15) is 4.79 Å². The molecule has 0 bridgehead atoms. The first-order chi connectivity index (χ1) is 8.67. The molecule has 2 rings (SSSR count). The summed E-state index contributed by atoms with van der Waals surface area (Å²) < 4.78 is 0. The summed E-state index contributed by atoms with van der Waals surface area (Å²) in [6.07, 6.45) is 5.90. The lowest BCUT2D eigenvalue weighted by atomic mass is 9.63. The van der Waals surface area contributed by atoms with E-state index >= 15 is 0 Å². The van der Waals surface area contributed by atoms with Crippen LogP contribution in [-0.4, -0.2) is 24.0 Å². The molecule has 0 spiro atoms. The van der Waals surface area contributed by atoms with E-state index in [1.165, 1.54) is 6.42 Å². The van der Waals surface area contributed by atoms with E-state index in [0.29, 0.717) is 22.9 Å². The van der Waals surface area contributed by atoms with Gasteiger partial charge in [-0.1, -0.05) is 27.7 Å². The number of carbonyl (C=O) groups is 1. The molecule has 1 atom stereocenters. The molecular weight excluding hydrogens is 236 g/mol. The Balaban J connectivity index is 1.88. The summed E-state index contributed by atoms with van der Waals surface area (Å²) >= 11 is 0. The van der Waals surface area contributed by atoms with Crippen molar-refractivity contribution in [1.82, 2.24) is 10.6 Å². The van der Waals surface area contributed by atoms with Crippen molar-refractivity contribution in [3.8, 4) is 0 Å². The van der Waals surface area contributed by atoms with Gasteiger partial charge in [0.2, 0.25) is 5.91 Å². The smallest absolute Gasteiger partial charge is 0.237 e. The van der Waals surface area contributed by atoms with Crippen LogP contribution in [0.2, 0.25) is 0 Å². The Morgan fingerprint density at radius 2 is 1.58 bits per heavy atom. The first-order valence-electron chi connectivity index (χ1n) is 7.73. The number of nitrogens with one attached hydrogen (secondary N) is 2. The fourth-order valence-corrected chi connectivity index (χ4v) is 3.95. The van der Waals surface area contributed by atoms with E-state index in [2.05, 4.69) is 38.3 Å². The molecule has 0 aromatic carbocycles. The molecule has 0 radical (unpaired) electrons. The Morgan fingerprint density at radius 3 is 2.05 bits per heavy atom. The minimum Gasteiger partial charge on any atom is -0.352 e. The Kier molecular flexibility index (Phi) is 3.97. The maximum Gasteiger partial charge on any atom is 0.237 e. The highest BCUT2D eigenvalue weighted by molar-refractivity contribution is 5.81. The molecule has 110 valence electrons. The molecule has 0 aliphatic heterocycles. The Labute approximate surface area is 117 Å². The van der Waals surface area contributed by atoms with Crippen LogP contribution in [0.4, 0.5) is 0 Å². The third-order valence-corrected chi connectivity index (χ3v) is 4.36. The highest BCUT2D eigenvalue weighted by Crippen LogP contribution is 2.45. The summed E-state index contributed by atoms with van der Waals surface area (Å²) in [6.45, 7) is 11.4. The van der Waals surface area contributed by atoms with Gasteiger partial charge in [0.25, 0.3) is 0 Å². The summed E-state index contributed by atoms with van der Waals surface area (Å²) in [5.74, 6) is 0.170. The van der Waals surface area contributed by atoms with Gasteiger partial charge in [0, 0.05) is 12.1 Å². The van der Waals surface area contributed by atoms with Crippen molar-refractivity contribution in [1.29, 1.82) is 0 Å². The highest BCUT2D eigenvalue weighted by atomic mass is 16.2. The van der Waals surface area contributed by atoms with Crippen molar-refractivity contribution in [2.45, 2.75) is 84.8 Å². The Hall–Kier alpha value is -0.570. The summed E-state index contributed by atoms with van der Waals surface area (Å²) in [4.78, 5) is 12.0. The van der Waals surface area contributed by atoms with Crippen LogP contribution in [0.5, 0.6) is 0 Å². The molecule has 0 saturated heterocycles. The molecule has 19 heavy (non-hydrogen) atoms. The van der Waals surface area contributed by atoms with E-state index in [0.717, 1.165) is 25.7 Å². The van der Waals surface area contributed by atoms with Gasteiger partial charge in [-0.2, -0.15) is 0 Å². The van der Waals surface area contributed by atoms with E-state index < -0.39 is 0 Å². The molecule has 0 heterocycles. The number of carbonyl (C=O) groups excluding carboxylic acids is 1. The normalized spacial score (nSPS) is 27.8. The van der Waals surface area contributed by atoms with E-state index in [1.807, 2.05) is 6.92 Å². The van der Waals surface area contributed by atoms with Crippen molar-refractivity contribution < 1.29 is 4.79 Å². The maximum absolute atomic E-state index is 12.0. The van der Waals surface area contributed by atoms with Crippen LogP contribution in [0.15, 0.2) is 0 Å². The number of hydrogen-bond acceptors (Lipinski definition) is 2. The summed E-state index contributed by atoms with van der Waals surface area (Å²) in [6, 6.07) is 0.838. The minimum absolute atomic E-state index is 0.0738. The van der Waals surface area contributed by atoms with Crippen LogP contribution < -0.4 is 10.6 Å². The lowest BCUT2D eigenvalue weighted by Gasteiger charge is -2.45. The lowest BCUT2D eigenvalue weighted by molar-refractivity contribution is -0.123. The molecule has 2 N–H and O–H groups in total. The lowest BCUT2D eigenvalue weighted by Crippen LogP contribution is -2.51. The molecule has 1 unspecified atom stereocenters. The molecular formula is C16H30N2O. The third kappa shape index (κ3) is 4.48. The van der Waals surface area contributed by atoms with E-state index in [-0.39, 0.29) is 11.9 Å². The molecule has 3 nitrogen and oxygen atoms in total. The van der Waals surface area contributed by atoms with Gasteiger partial charge < -0.3 is 10.6 Å².